The van der Waals surface area contributed by atoms with Gasteiger partial charge in [0.2, 0.25) is 0 Å². The van der Waals surface area contributed by atoms with Gasteiger partial charge in [-0.2, -0.15) is 0 Å². The van der Waals surface area contributed by atoms with E-state index in [-0.39, 0.29) is 17.4 Å². The largest absolute Gasteiger partial charge is 0.508 e. The minimum Gasteiger partial charge on any atom is -0.508 e. The highest BCUT2D eigenvalue weighted by molar-refractivity contribution is 5.96. The van der Waals surface area contributed by atoms with E-state index in [0.717, 1.165) is 11.1 Å². The molecule has 0 aliphatic rings. The second kappa shape index (κ2) is 5.92. The van der Waals surface area contributed by atoms with Crippen LogP contribution in [0.5, 0.6) is 5.75 Å². The molecule has 0 heterocycles. The Hall–Kier alpha value is -3.08. The van der Waals surface area contributed by atoms with Crippen molar-refractivity contribution in [1.29, 1.82) is 10.8 Å². The number of hydrogen-bond acceptors (Lipinski definition) is 3. The van der Waals surface area contributed by atoms with Crippen molar-refractivity contribution in [2.45, 2.75) is 0 Å². The van der Waals surface area contributed by atoms with Crippen LogP contribution in [0.1, 0.15) is 22.3 Å². The average molecular weight is 280 g/mol. The molecule has 2 aromatic carbocycles. The summed E-state index contributed by atoms with van der Waals surface area (Å²) in [6.45, 7) is 0. The minimum atomic E-state index is -0.0913. The van der Waals surface area contributed by atoms with Crippen molar-refractivity contribution in [2.75, 3.05) is 0 Å². The Balaban J connectivity index is 2.24. The Morgan fingerprint density at radius 2 is 1.38 bits per heavy atom. The van der Waals surface area contributed by atoms with Crippen LogP contribution in [-0.2, 0) is 0 Å². The maximum atomic E-state index is 9.61. The van der Waals surface area contributed by atoms with Gasteiger partial charge in [0.25, 0.3) is 0 Å². The third-order valence-corrected chi connectivity index (χ3v) is 2.94. The molecule has 0 aromatic heterocycles. The Bertz CT molecular complexity index is 718. The Kier molecular flexibility index (Phi) is 4.04. The molecule has 0 spiro atoms. The normalized spacial score (nSPS) is 10.7. The van der Waals surface area contributed by atoms with Gasteiger partial charge in [-0.15, -0.1) is 0 Å². The first-order chi connectivity index (χ1) is 9.95. The molecular weight excluding hydrogens is 264 g/mol. The molecular formula is C16H16N4O. The zero-order chi connectivity index (χ0) is 15.4. The van der Waals surface area contributed by atoms with Crippen LogP contribution in [0.2, 0.25) is 0 Å². The van der Waals surface area contributed by atoms with E-state index in [4.69, 9.17) is 22.3 Å². The first kappa shape index (κ1) is 14.3. The van der Waals surface area contributed by atoms with E-state index in [1.807, 2.05) is 24.3 Å². The lowest BCUT2D eigenvalue weighted by Gasteiger charge is -2.02. The highest BCUT2D eigenvalue weighted by atomic mass is 16.3. The molecule has 5 heteroatoms. The summed E-state index contributed by atoms with van der Waals surface area (Å²) in [5, 5.41) is 24.3. The predicted octanol–water partition coefficient (Wildman–Crippen LogP) is 2.13. The number of benzene rings is 2. The molecule has 0 radical (unpaired) electrons. The van der Waals surface area contributed by atoms with Gasteiger partial charge in [0.1, 0.15) is 17.4 Å². The number of nitrogens with one attached hydrogen (secondary N) is 2. The lowest BCUT2D eigenvalue weighted by molar-refractivity contribution is 0.475. The number of hydrogen-bond donors (Lipinski definition) is 5. The maximum absolute atomic E-state index is 9.61. The van der Waals surface area contributed by atoms with Gasteiger partial charge in [0.15, 0.2) is 0 Å². The monoisotopic (exact) mass is 280 g/mol. The summed E-state index contributed by atoms with van der Waals surface area (Å²) < 4.78 is 0. The Labute approximate surface area is 122 Å². The zero-order valence-electron chi connectivity index (χ0n) is 11.3. The SMILES string of the molecule is N=C(N)c1ccc(/C=C/c2cc(O)cc(C(=N)N)c2)cc1. The van der Waals surface area contributed by atoms with E-state index in [1.54, 1.807) is 24.3 Å². The van der Waals surface area contributed by atoms with E-state index >= 15 is 0 Å². The molecule has 2 rings (SSSR count). The predicted molar refractivity (Wildman–Crippen MR) is 85.5 cm³/mol. The summed E-state index contributed by atoms with van der Waals surface area (Å²) >= 11 is 0. The van der Waals surface area contributed by atoms with Crippen molar-refractivity contribution < 1.29 is 5.11 Å². The molecule has 0 bridgehead atoms. The van der Waals surface area contributed by atoms with Gasteiger partial charge in [-0.05, 0) is 29.3 Å². The summed E-state index contributed by atoms with van der Waals surface area (Å²) in [7, 11) is 0. The molecule has 0 saturated heterocycles. The summed E-state index contributed by atoms with van der Waals surface area (Å²) in [6, 6.07) is 12.0. The third kappa shape index (κ3) is 3.70. The topological polar surface area (TPSA) is 120 Å². The standard InChI is InChI=1S/C16H16N4O/c17-15(18)12-5-3-10(4-6-12)1-2-11-7-13(16(19)20)9-14(21)8-11/h1-9,21H,(H3,17,18)(H3,19,20)/b2-1+. The first-order valence-electron chi connectivity index (χ1n) is 6.27. The lowest BCUT2D eigenvalue weighted by Crippen LogP contribution is -2.10. The van der Waals surface area contributed by atoms with Gasteiger partial charge in [-0.3, -0.25) is 10.8 Å². The van der Waals surface area contributed by atoms with E-state index in [1.165, 1.54) is 6.07 Å². The maximum Gasteiger partial charge on any atom is 0.122 e. The number of phenols is 1. The van der Waals surface area contributed by atoms with Crippen molar-refractivity contribution in [2.24, 2.45) is 11.5 Å². The fourth-order valence-corrected chi connectivity index (χ4v) is 1.85. The molecule has 0 atom stereocenters. The lowest BCUT2D eigenvalue weighted by atomic mass is 10.1. The van der Waals surface area contributed by atoms with Crippen molar-refractivity contribution in [3.05, 3.63) is 64.7 Å². The molecule has 5 nitrogen and oxygen atoms in total. The van der Waals surface area contributed by atoms with Crippen molar-refractivity contribution in [3.8, 4) is 5.75 Å². The third-order valence-electron chi connectivity index (χ3n) is 2.94. The van der Waals surface area contributed by atoms with Crippen LogP contribution in [0, 0.1) is 10.8 Å². The van der Waals surface area contributed by atoms with Gasteiger partial charge in [-0.25, -0.2) is 0 Å². The molecule has 0 amide bonds. The average Bonchev–Trinajstić information content (AvgIpc) is 2.45. The van der Waals surface area contributed by atoms with Crippen LogP contribution in [0.3, 0.4) is 0 Å². The van der Waals surface area contributed by atoms with Crippen LogP contribution >= 0.6 is 0 Å². The van der Waals surface area contributed by atoms with Crippen LogP contribution in [0.25, 0.3) is 12.2 Å². The van der Waals surface area contributed by atoms with Gasteiger partial charge >= 0.3 is 0 Å². The van der Waals surface area contributed by atoms with Gasteiger partial charge in [0, 0.05) is 11.1 Å². The van der Waals surface area contributed by atoms with Crippen molar-refractivity contribution >= 4 is 23.8 Å². The van der Waals surface area contributed by atoms with Crippen LogP contribution < -0.4 is 11.5 Å². The van der Waals surface area contributed by atoms with Crippen LogP contribution in [-0.4, -0.2) is 16.8 Å². The summed E-state index contributed by atoms with van der Waals surface area (Å²) in [6.07, 6.45) is 3.68. The Morgan fingerprint density at radius 3 is 1.95 bits per heavy atom. The number of amidine groups is 2. The fraction of sp³-hybridized carbons (Fsp3) is 0. The molecule has 7 N–H and O–H groups in total. The number of aromatic hydroxyl groups is 1. The summed E-state index contributed by atoms with van der Waals surface area (Å²) in [5.74, 6) is 0.00486. The highest BCUT2D eigenvalue weighted by Gasteiger charge is 2.01. The fourth-order valence-electron chi connectivity index (χ4n) is 1.85. The molecule has 0 aliphatic carbocycles. The summed E-state index contributed by atoms with van der Waals surface area (Å²) in [4.78, 5) is 0. The minimum absolute atomic E-state index is 0.0320. The molecule has 0 fully saturated rings. The van der Waals surface area contributed by atoms with Crippen LogP contribution in [0.15, 0.2) is 42.5 Å². The van der Waals surface area contributed by atoms with E-state index in [2.05, 4.69) is 0 Å². The molecule has 0 saturated carbocycles. The first-order valence-corrected chi connectivity index (χ1v) is 6.27. The number of phenolic OH excluding ortho intramolecular Hbond substituents is 1. The van der Waals surface area contributed by atoms with E-state index in [0.29, 0.717) is 11.1 Å². The number of rotatable bonds is 4. The van der Waals surface area contributed by atoms with Crippen LogP contribution in [0.4, 0.5) is 0 Å². The molecule has 106 valence electrons. The van der Waals surface area contributed by atoms with Crippen molar-refractivity contribution in [1.82, 2.24) is 0 Å². The molecule has 2 aromatic rings. The molecule has 0 aliphatic heterocycles. The van der Waals surface area contributed by atoms with Gasteiger partial charge in [0.05, 0.1) is 0 Å². The van der Waals surface area contributed by atoms with E-state index < -0.39 is 0 Å². The highest BCUT2D eigenvalue weighted by Crippen LogP contribution is 2.18. The Morgan fingerprint density at radius 1 is 0.810 bits per heavy atom. The second-order valence-corrected chi connectivity index (χ2v) is 4.60. The van der Waals surface area contributed by atoms with E-state index in [9.17, 15) is 5.11 Å². The second-order valence-electron chi connectivity index (χ2n) is 4.60. The quantitative estimate of drug-likeness (QED) is 0.335. The number of nitrogens with two attached hydrogens (primary N) is 2. The molecule has 0 unspecified atom stereocenters. The summed E-state index contributed by atoms with van der Waals surface area (Å²) in [5.41, 5.74) is 13.6. The van der Waals surface area contributed by atoms with Crippen molar-refractivity contribution in [3.63, 3.8) is 0 Å². The van der Waals surface area contributed by atoms with Gasteiger partial charge in [-0.1, -0.05) is 36.4 Å². The smallest absolute Gasteiger partial charge is 0.122 e. The zero-order valence-corrected chi connectivity index (χ0v) is 11.3. The number of nitrogen functional groups attached to an aromatic ring is 2. The van der Waals surface area contributed by atoms with Gasteiger partial charge < -0.3 is 16.6 Å². The molecule has 21 heavy (non-hydrogen) atoms.